The highest BCUT2D eigenvalue weighted by Gasteiger charge is 2.35. The summed E-state index contributed by atoms with van der Waals surface area (Å²) in [6, 6.07) is 62.3. The third-order valence-electron chi connectivity index (χ3n) is 11.2. The van der Waals surface area contributed by atoms with Crippen LogP contribution in [0.25, 0.3) is 83.1 Å². The maximum atomic E-state index is 4.16. The molecule has 246 valence electrons. The quantitative estimate of drug-likeness (QED) is 0.179. The van der Waals surface area contributed by atoms with Gasteiger partial charge in [0.2, 0.25) is 0 Å². The smallest absolute Gasteiger partial charge is 0.0541 e. The Balaban J connectivity index is 0.918. The molecule has 0 radical (unpaired) electrons. The molecule has 0 aliphatic heterocycles. The number of hydrogen-bond acceptors (Lipinski definition) is 1. The van der Waals surface area contributed by atoms with Crippen molar-refractivity contribution < 1.29 is 0 Å². The number of rotatable bonds is 5. The van der Waals surface area contributed by atoms with Gasteiger partial charge in [-0.25, -0.2) is 0 Å². The Morgan fingerprint density at radius 2 is 0.750 bits per heavy atom. The highest BCUT2D eigenvalue weighted by Crippen LogP contribution is 2.50. The molecule has 0 bridgehead atoms. The summed E-state index contributed by atoms with van der Waals surface area (Å²) in [7, 11) is 0. The van der Waals surface area contributed by atoms with Crippen molar-refractivity contribution in [1.82, 2.24) is 9.55 Å². The Kier molecular flexibility index (Phi) is 6.87. The lowest BCUT2D eigenvalue weighted by Gasteiger charge is -2.22. The Labute approximate surface area is 304 Å². The largest absolute Gasteiger partial charge is 0.309 e. The van der Waals surface area contributed by atoms with Gasteiger partial charge in [0.15, 0.2) is 0 Å². The summed E-state index contributed by atoms with van der Waals surface area (Å²) in [5, 5.41) is 2.56. The van der Waals surface area contributed by atoms with Crippen LogP contribution in [-0.4, -0.2) is 9.55 Å². The molecule has 0 spiro atoms. The normalized spacial score (nSPS) is 13.0. The Hall–Kier alpha value is -6.51. The molecule has 2 heterocycles. The summed E-state index contributed by atoms with van der Waals surface area (Å²) in [6.45, 7) is 4.73. The molecule has 0 saturated heterocycles. The second-order valence-corrected chi connectivity index (χ2v) is 14.5. The topological polar surface area (TPSA) is 17.8 Å². The van der Waals surface area contributed by atoms with Crippen LogP contribution in [0, 0.1) is 0 Å². The summed E-state index contributed by atoms with van der Waals surface area (Å²) >= 11 is 0. The number of pyridine rings is 1. The Morgan fingerprint density at radius 3 is 1.21 bits per heavy atom. The predicted molar refractivity (Wildman–Crippen MR) is 218 cm³/mol. The first-order valence-corrected chi connectivity index (χ1v) is 18.0. The number of para-hydroxylation sites is 2. The van der Waals surface area contributed by atoms with Gasteiger partial charge in [-0.2, -0.15) is 0 Å². The Morgan fingerprint density at radius 1 is 0.385 bits per heavy atom. The van der Waals surface area contributed by atoms with E-state index in [1.807, 2.05) is 12.4 Å². The molecule has 0 fully saturated rings. The molecule has 2 heteroatoms. The fraction of sp³-hybridized carbons (Fsp3) is 0.0600. The molecule has 9 aromatic rings. The van der Waals surface area contributed by atoms with E-state index in [1.165, 1.54) is 94.3 Å². The van der Waals surface area contributed by atoms with Gasteiger partial charge in [-0.1, -0.05) is 135 Å². The zero-order chi connectivity index (χ0) is 34.8. The third kappa shape index (κ3) is 4.83. The molecule has 2 aromatic heterocycles. The van der Waals surface area contributed by atoms with Crippen molar-refractivity contribution in [1.29, 1.82) is 0 Å². The maximum absolute atomic E-state index is 4.16. The van der Waals surface area contributed by atoms with E-state index in [2.05, 4.69) is 193 Å². The minimum absolute atomic E-state index is 0.105. The van der Waals surface area contributed by atoms with Crippen LogP contribution >= 0.6 is 0 Å². The average molecular weight is 665 g/mol. The second-order valence-electron chi connectivity index (χ2n) is 14.5. The first-order valence-electron chi connectivity index (χ1n) is 18.0. The zero-order valence-corrected chi connectivity index (χ0v) is 29.2. The van der Waals surface area contributed by atoms with Gasteiger partial charge in [0.25, 0.3) is 0 Å². The molecule has 0 amide bonds. The van der Waals surface area contributed by atoms with Gasteiger partial charge in [0, 0.05) is 34.3 Å². The molecule has 0 N–H and O–H groups in total. The van der Waals surface area contributed by atoms with Crippen molar-refractivity contribution in [2.75, 3.05) is 0 Å². The van der Waals surface area contributed by atoms with Crippen molar-refractivity contribution >= 4 is 21.8 Å². The molecular formula is C50H36N2. The Bertz CT molecular complexity index is 2720. The van der Waals surface area contributed by atoms with Gasteiger partial charge in [-0.3, -0.25) is 4.98 Å². The number of hydrogen-bond donors (Lipinski definition) is 0. The average Bonchev–Trinajstić information content (AvgIpc) is 3.66. The fourth-order valence-corrected chi connectivity index (χ4v) is 8.35. The number of nitrogens with zero attached hydrogens (tertiary/aromatic N) is 2. The molecule has 52 heavy (non-hydrogen) atoms. The van der Waals surface area contributed by atoms with Crippen LogP contribution in [0.2, 0.25) is 0 Å². The van der Waals surface area contributed by atoms with Gasteiger partial charge >= 0.3 is 0 Å². The van der Waals surface area contributed by atoms with Crippen LogP contribution < -0.4 is 0 Å². The first-order chi connectivity index (χ1) is 25.5. The van der Waals surface area contributed by atoms with Gasteiger partial charge in [-0.15, -0.1) is 0 Å². The number of aromatic nitrogens is 2. The number of fused-ring (bicyclic) bond motifs is 6. The lowest BCUT2D eigenvalue weighted by molar-refractivity contribution is 0.661. The van der Waals surface area contributed by atoms with Crippen molar-refractivity contribution in [2.24, 2.45) is 0 Å². The van der Waals surface area contributed by atoms with E-state index in [-0.39, 0.29) is 5.41 Å². The molecule has 1 aliphatic rings. The summed E-state index contributed by atoms with van der Waals surface area (Å²) in [5.41, 5.74) is 18.7. The van der Waals surface area contributed by atoms with Crippen molar-refractivity contribution in [3.63, 3.8) is 0 Å². The standard InChI is InChI=1S/C50H36N2/c1-50(2)46-31-39(21-25-42(46)43-26-22-40(32-47(43)50)37-17-13-34(14-18-37)38-27-29-51-30-28-38)36-15-11-33(12-16-36)35-19-23-41(24-20-35)52-48-9-5-3-7-44(48)45-8-4-6-10-49(45)52/h3-32H,1-2H3. The summed E-state index contributed by atoms with van der Waals surface area (Å²) < 4.78 is 2.37. The first kappa shape index (κ1) is 30.3. The molecule has 1 aliphatic carbocycles. The van der Waals surface area contributed by atoms with Crippen LogP contribution in [-0.2, 0) is 5.41 Å². The SMILES string of the molecule is CC1(C)c2cc(-c3ccc(-c4ccncc4)cc3)ccc2-c2ccc(-c3ccc(-c4ccc(-n5c6ccccc6c6ccccc65)cc4)cc3)cc21. The van der Waals surface area contributed by atoms with Gasteiger partial charge in [0.1, 0.15) is 0 Å². The van der Waals surface area contributed by atoms with Crippen LogP contribution in [0.4, 0.5) is 0 Å². The van der Waals surface area contributed by atoms with E-state index in [1.54, 1.807) is 0 Å². The zero-order valence-electron chi connectivity index (χ0n) is 29.2. The summed E-state index contributed by atoms with van der Waals surface area (Å²) in [5.74, 6) is 0. The highest BCUT2D eigenvalue weighted by molar-refractivity contribution is 6.09. The number of benzene rings is 7. The lowest BCUT2D eigenvalue weighted by Crippen LogP contribution is -2.15. The monoisotopic (exact) mass is 664 g/mol. The molecule has 0 atom stereocenters. The lowest BCUT2D eigenvalue weighted by atomic mass is 9.80. The molecule has 2 nitrogen and oxygen atoms in total. The van der Waals surface area contributed by atoms with E-state index in [0.717, 1.165) is 0 Å². The maximum Gasteiger partial charge on any atom is 0.0541 e. The van der Waals surface area contributed by atoms with E-state index >= 15 is 0 Å². The second kappa shape index (κ2) is 11.8. The van der Waals surface area contributed by atoms with Crippen LogP contribution in [0.5, 0.6) is 0 Å². The molecule has 0 saturated carbocycles. The van der Waals surface area contributed by atoms with Gasteiger partial charge in [-0.05, 0) is 115 Å². The fourth-order valence-electron chi connectivity index (χ4n) is 8.35. The van der Waals surface area contributed by atoms with Crippen molar-refractivity contribution in [3.8, 4) is 61.3 Å². The molecule has 10 rings (SSSR count). The third-order valence-corrected chi connectivity index (χ3v) is 11.2. The van der Waals surface area contributed by atoms with Crippen molar-refractivity contribution in [3.05, 3.63) is 193 Å². The summed E-state index contributed by atoms with van der Waals surface area (Å²) in [6.07, 6.45) is 3.69. The van der Waals surface area contributed by atoms with E-state index in [4.69, 9.17) is 0 Å². The van der Waals surface area contributed by atoms with Gasteiger partial charge < -0.3 is 4.57 Å². The molecule has 0 unspecified atom stereocenters. The van der Waals surface area contributed by atoms with Crippen LogP contribution in [0.15, 0.2) is 182 Å². The highest BCUT2D eigenvalue weighted by atomic mass is 15.0. The molecule has 7 aromatic carbocycles. The summed E-state index contributed by atoms with van der Waals surface area (Å²) in [4.78, 5) is 4.16. The minimum Gasteiger partial charge on any atom is -0.309 e. The van der Waals surface area contributed by atoms with Gasteiger partial charge in [0.05, 0.1) is 11.0 Å². The minimum atomic E-state index is -0.105. The van der Waals surface area contributed by atoms with Crippen molar-refractivity contribution in [2.45, 2.75) is 19.3 Å². The van der Waals surface area contributed by atoms with E-state index in [0.29, 0.717) is 0 Å². The van der Waals surface area contributed by atoms with Crippen LogP contribution in [0.3, 0.4) is 0 Å². The predicted octanol–water partition coefficient (Wildman–Crippen LogP) is 13.2. The molecular weight excluding hydrogens is 629 g/mol. The van der Waals surface area contributed by atoms with E-state index < -0.39 is 0 Å². The van der Waals surface area contributed by atoms with Crippen LogP contribution in [0.1, 0.15) is 25.0 Å². The van der Waals surface area contributed by atoms with E-state index in [9.17, 15) is 0 Å².